The van der Waals surface area contributed by atoms with Crippen LogP contribution in [0, 0.1) is 5.92 Å². The highest BCUT2D eigenvalue weighted by atomic mass is 32.2. The van der Waals surface area contributed by atoms with E-state index in [4.69, 9.17) is 28.4 Å². The second-order valence-electron chi connectivity index (χ2n) is 6.98. The molecule has 11 heteroatoms. The molecule has 0 spiro atoms. The number of amides is 1. The number of carbonyl (C=O) groups excluding carboxylic acids is 1. The quantitative estimate of drug-likeness (QED) is 0.264. The highest BCUT2D eigenvalue weighted by molar-refractivity contribution is 7.90. The van der Waals surface area contributed by atoms with Crippen molar-refractivity contribution in [1.29, 1.82) is 0 Å². The summed E-state index contributed by atoms with van der Waals surface area (Å²) in [7, 11) is -3.98. The Bertz CT molecular complexity index is 1050. The van der Waals surface area contributed by atoms with Gasteiger partial charge in [-0.1, -0.05) is 13.8 Å². The first-order valence-electron chi connectivity index (χ1n) is 9.38. The molecule has 6 N–H and O–H groups in total. The third kappa shape index (κ3) is 7.87. The molecule has 2 aromatic rings. The minimum Gasteiger partial charge on any atom is -0.494 e. The lowest BCUT2D eigenvalue weighted by Gasteiger charge is -2.11. The number of guanidine groups is 1. The summed E-state index contributed by atoms with van der Waals surface area (Å²) in [6, 6.07) is 12.3. The molecule has 0 heterocycles. The van der Waals surface area contributed by atoms with E-state index in [0.29, 0.717) is 29.5 Å². The predicted octanol–water partition coefficient (Wildman–Crippen LogP) is 2.20. The van der Waals surface area contributed by atoms with Crippen LogP contribution in [0.5, 0.6) is 5.75 Å². The molecule has 2 rings (SSSR count). The maximum Gasteiger partial charge on any atom is 0.285 e. The van der Waals surface area contributed by atoms with Crippen LogP contribution in [0.4, 0.5) is 5.69 Å². The zero-order valence-electron chi connectivity index (χ0n) is 17.2. The van der Waals surface area contributed by atoms with Crippen molar-refractivity contribution in [3.63, 3.8) is 0 Å². The van der Waals surface area contributed by atoms with Gasteiger partial charge in [0.1, 0.15) is 5.75 Å². The van der Waals surface area contributed by atoms with Crippen LogP contribution in [-0.2, 0) is 10.0 Å². The van der Waals surface area contributed by atoms with Crippen molar-refractivity contribution in [2.45, 2.75) is 25.2 Å². The molecule has 2 aromatic carbocycles. The zero-order valence-corrected chi connectivity index (χ0v) is 18.8. The lowest BCUT2D eigenvalue weighted by Crippen LogP contribution is -2.34. The SMILES string of the molecule is CC(C)CCOc1ccc(C(=O)NC(=S)Nc2ccc(S(=O)(=O)N=C(N)N)cc2)cc1. The maximum atomic E-state index is 12.4. The van der Waals surface area contributed by atoms with E-state index in [-0.39, 0.29) is 10.0 Å². The van der Waals surface area contributed by atoms with Gasteiger partial charge in [0.2, 0.25) is 5.96 Å². The Kier molecular flexibility index (Phi) is 8.34. The van der Waals surface area contributed by atoms with E-state index in [1.54, 1.807) is 24.3 Å². The molecule has 0 bridgehead atoms. The Balaban J connectivity index is 1.92. The minimum atomic E-state index is -3.98. The summed E-state index contributed by atoms with van der Waals surface area (Å²) < 4.78 is 32.7. The summed E-state index contributed by atoms with van der Waals surface area (Å²) in [6.45, 7) is 4.86. The van der Waals surface area contributed by atoms with Gasteiger partial charge >= 0.3 is 0 Å². The van der Waals surface area contributed by atoms with Gasteiger partial charge in [-0.2, -0.15) is 8.42 Å². The van der Waals surface area contributed by atoms with Crippen LogP contribution in [0.25, 0.3) is 0 Å². The molecule has 9 nitrogen and oxygen atoms in total. The lowest BCUT2D eigenvalue weighted by atomic mass is 10.1. The van der Waals surface area contributed by atoms with Gasteiger partial charge in [0, 0.05) is 11.3 Å². The first kappa shape index (κ1) is 24.1. The number of anilines is 1. The van der Waals surface area contributed by atoms with Gasteiger partial charge in [-0.15, -0.1) is 4.40 Å². The van der Waals surface area contributed by atoms with Crippen LogP contribution >= 0.6 is 12.2 Å². The molecular formula is C20H25N5O4S2. The molecule has 0 radical (unpaired) electrons. The lowest BCUT2D eigenvalue weighted by molar-refractivity contribution is 0.0977. The number of hydrogen-bond acceptors (Lipinski definition) is 5. The summed E-state index contributed by atoms with van der Waals surface area (Å²) in [5.74, 6) is 0.297. The highest BCUT2D eigenvalue weighted by Crippen LogP contribution is 2.16. The van der Waals surface area contributed by atoms with Crippen LogP contribution in [0.2, 0.25) is 0 Å². The van der Waals surface area contributed by atoms with Crippen molar-refractivity contribution in [2.75, 3.05) is 11.9 Å². The standard InChI is InChI=1S/C20H25N5O4S2/c1-13(2)11-12-29-16-7-3-14(4-8-16)18(26)24-20(30)23-15-5-9-17(10-6-15)31(27,28)25-19(21)22/h3-10,13H,11-12H2,1-2H3,(H4,21,22,25)(H2,23,24,26,30). The number of carbonyl (C=O) groups is 1. The van der Waals surface area contributed by atoms with E-state index in [0.717, 1.165) is 6.42 Å². The van der Waals surface area contributed by atoms with Crippen LogP contribution in [-0.4, -0.2) is 32.0 Å². The molecule has 0 aliphatic carbocycles. The third-order valence-corrected chi connectivity index (χ3v) is 5.47. The van der Waals surface area contributed by atoms with Crippen molar-refractivity contribution in [3.05, 3.63) is 54.1 Å². The number of nitrogens with two attached hydrogens (primary N) is 2. The van der Waals surface area contributed by atoms with Crippen LogP contribution in [0.15, 0.2) is 57.8 Å². The normalized spacial score (nSPS) is 10.9. The van der Waals surface area contributed by atoms with E-state index < -0.39 is 21.9 Å². The summed E-state index contributed by atoms with van der Waals surface area (Å²) in [4.78, 5) is 12.3. The number of thiocarbonyl (C=S) groups is 1. The van der Waals surface area contributed by atoms with Gasteiger partial charge < -0.3 is 21.5 Å². The molecule has 0 saturated heterocycles. The molecule has 166 valence electrons. The highest BCUT2D eigenvalue weighted by Gasteiger charge is 2.13. The minimum absolute atomic E-state index is 0.0575. The number of benzene rings is 2. The molecule has 0 aromatic heterocycles. The molecule has 31 heavy (non-hydrogen) atoms. The molecule has 0 aliphatic heterocycles. The van der Waals surface area contributed by atoms with Crippen molar-refractivity contribution >= 4 is 44.9 Å². The fraction of sp³-hybridized carbons (Fsp3) is 0.250. The van der Waals surface area contributed by atoms with Crippen LogP contribution in [0.3, 0.4) is 0 Å². The molecule has 0 saturated carbocycles. The monoisotopic (exact) mass is 463 g/mol. The number of nitrogens with one attached hydrogen (secondary N) is 2. The smallest absolute Gasteiger partial charge is 0.285 e. The van der Waals surface area contributed by atoms with Gasteiger partial charge in [0.05, 0.1) is 11.5 Å². The molecule has 1 amide bonds. The topological polar surface area (TPSA) is 149 Å². The average Bonchev–Trinajstić information content (AvgIpc) is 2.67. The Morgan fingerprint density at radius 1 is 1.10 bits per heavy atom. The Morgan fingerprint density at radius 2 is 1.71 bits per heavy atom. The fourth-order valence-corrected chi connectivity index (χ4v) is 3.43. The van der Waals surface area contributed by atoms with Gasteiger partial charge in [-0.3, -0.25) is 10.1 Å². The summed E-state index contributed by atoms with van der Waals surface area (Å²) >= 11 is 5.14. The Morgan fingerprint density at radius 3 is 2.26 bits per heavy atom. The molecule has 0 aliphatic rings. The first-order chi connectivity index (χ1) is 14.6. The number of rotatable bonds is 8. The summed E-state index contributed by atoms with van der Waals surface area (Å²) in [5, 5.41) is 5.42. The summed E-state index contributed by atoms with van der Waals surface area (Å²) in [6.07, 6.45) is 0.948. The largest absolute Gasteiger partial charge is 0.494 e. The molecular weight excluding hydrogens is 438 g/mol. The molecule has 0 fully saturated rings. The van der Waals surface area contributed by atoms with E-state index in [1.165, 1.54) is 24.3 Å². The zero-order chi connectivity index (χ0) is 23.0. The van der Waals surface area contributed by atoms with Crippen LogP contribution in [0.1, 0.15) is 30.6 Å². The second kappa shape index (κ2) is 10.7. The number of ether oxygens (including phenoxy) is 1. The van der Waals surface area contributed by atoms with Crippen molar-refractivity contribution in [1.82, 2.24) is 5.32 Å². The Labute approximate surface area is 186 Å². The van der Waals surface area contributed by atoms with Crippen molar-refractivity contribution in [2.24, 2.45) is 21.8 Å². The van der Waals surface area contributed by atoms with Crippen LogP contribution < -0.4 is 26.8 Å². The number of hydrogen-bond donors (Lipinski definition) is 4. The Hall–Kier alpha value is -3.18. The van der Waals surface area contributed by atoms with Gasteiger partial charge in [-0.05, 0) is 73.1 Å². The number of nitrogens with zero attached hydrogens (tertiary/aromatic N) is 1. The van der Waals surface area contributed by atoms with E-state index in [9.17, 15) is 13.2 Å². The average molecular weight is 464 g/mol. The molecule has 0 unspecified atom stereocenters. The maximum absolute atomic E-state index is 12.4. The van der Waals surface area contributed by atoms with E-state index >= 15 is 0 Å². The first-order valence-corrected chi connectivity index (χ1v) is 11.2. The molecule has 0 atom stereocenters. The number of sulfonamides is 1. The van der Waals surface area contributed by atoms with Crippen molar-refractivity contribution in [3.8, 4) is 5.75 Å². The van der Waals surface area contributed by atoms with Gasteiger partial charge in [-0.25, -0.2) is 0 Å². The predicted molar refractivity (Wildman–Crippen MR) is 125 cm³/mol. The third-order valence-electron chi connectivity index (χ3n) is 3.94. The van der Waals surface area contributed by atoms with E-state index in [2.05, 4.69) is 28.9 Å². The van der Waals surface area contributed by atoms with Gasteiger partial charge in [0.15, 0.2) is 5.11 Å². The van der Waals surface area contributed by atoms with Crippen molar-refractivity contribution < 1.29 is 17.9 Å². The van der Waals surface area contributed by atoms with Gasteiger partial charge in [0.25, 0.3) is 15.9 Å². The second-order valence-corrected chi connectivity index (χ2v) is 8.99. The summed E-state index contributed by atoms with van der Waals surface area (Å²) in [5.41, 5.74) is 11.1. The fourth-order valence-electron chi connectivity index (χ4n) is 2.35. The van der Waals surface area contributed by atoms with E-state index in [1.807, 2.05) is 0 Å².